The number of benzene rings is 1. The first-order chi connectivity index (χ1) is 17.0. The van der Waals surface area contributed by atoms with Gasteiger partial charge in [0.1, 0.15) is 5.82 Å². The lowest BCUT2D eigenvalue weighted by Gasteiger charge is -2.38. The molecular formula is C27H30FN3O4. The Hall–Kier alpha value is -3.00. The molecule has 1 aromatic carbocycles. The van der Waals surface area contributed by atoms with Crippen LogP contribution in [0.3, 0.4) is 0 Å². The van der Waals surface area contributed by atoms with Crippen LogP contribution in [-0.4, -0.2) is 45.1 Å². The van der Waals surface area contributed by atoms with Gasteiger partial charge in [-0.2, -0.15) is 0 Å². The van der Waals surface area contributed by atoms with E-state index >= 15 is 0 Å². The third kappa shape index (κ3) is 3.69. The molecule has 4 atom stereocenters. The second-order valence-electron chi connectivity index (χ2n) is 10.5. The van der Waals surface area contributed by atoms with Crippen molar-refractivity contribution in [3.05, 3.63) is 58.3 Å². The van der Waals surface area contributed by atoms with Gasteiger partial charge in [0.05, 0.1) is 23.6 Å². The number of hydrogen-bond donors (Lipinski definition) is 2. The van der Waals surface area contributed by atoms with Crippen LogP contribution < -0.4 is 10.9 Å². The van der Waals surface area contributed by atoms with Crippen LogP contribution in [0.25, 0.3) is 11.1 Å². The van der Waals surface area contributed by atoms with Gasteiger partial charge in [0.25, 0.3) is 5.56 Å². The summed E-state index contributed by atoms with van der Waals surface area (Å²) in [4.78, 5) is 42.3. The zero-order valence-corrected chi connectivity index (χ0v) is 19.5. The molecule has 4 aliphatic rings. The summed E-state index contributed by atoms with van der Waals surface area (Å²) in [6, 6.07) is 8.56. The largest absolute Gasteiger partial charge is 0.396 e. The normalized spacial score (nSPS) is 27.3. The average Bonchev–Trinajstić information content (AvgIpc) is 3.59. The minimum Gasteiger partial charge on any atom is -0.396 e. The number of hydrogen-bond acceptors (Lipinski definition) is 4. The lowest BCUT2D eigenvalue weighted by Crippen LogP contribution is -2.49. The highest BCUT2D eigenvalue weighted by Crippen LogP contribution is 2.49. The highest BCUT2D eigenvalue weighted by Gasteiger charge is 2.57. The quantitative estimate of drug-likeness (QED) is 0.666. The van der Waals surface area contributed by atoms with Crippen LogP contribution in [0.2, 0.25) is 0 Å². The fraction of sp³-hybridized carbons (Fsp3) is 0.519. The Morgan fingerprint density at radius 1 is 1.06 bits per heavy atom. The number of nitrogens with zero attached hydrogens (tertiary/aromatic N) is 2. The first kappa shape index (κ1) is 22.5. The Morgan fingerprint density at radius 3 is 2.49 bits per heavy atom. The number of aromatic nitrogens is 1. The standard InChI is InChI=1S/C27H30FN3O4/c28-20-7-2-1-6-17(20)18-10-11-21-25-24(26(34)29-16-4-3-5-16)19(14-32)22(13-30(21)27(18)35)31(25)23(33)12-15-8-9-15/h1-2,6-7,10-11,15-16,19,22,24-25,32H,3-5,8-9,12-14H2,(H,29,34)/t19-,22-,24+,25+/m1/s1. The van der Waals surface area contributed by atoms with Crippen LogP contribution in [-0.2, 0) is 16.1 Å². The summed E-state index contributed by atoms with van der Waals surface area (Å²) in [5, 5.41) is 13.5. The predicted molar refractivity (Wildman–Crippen MR) is 127 cm³/mol. The van der Waals surface area contributed by atoms with Crippen molar-refractivity contribution < 1.29 is 19.1 Å². The van der Waals surface area contributed by atoms with Crippen LogP contribution in [0, 0.1) is 23.6 Å². The highest BCUT2D eigenvalue weighted by atomic mass is 19.1. The molecule has 1 saturated heterocycles. The third-order valence-electron chi connectivity index (χ3n) is 8.41. The van der Waals surface area contributed by atoms with Gasteiger partial charge >= 0.3 is 0 Å². The maximum absolute atomic E-state index is 14.5. The molecule has 2 bridgehead atoms. The molecule has 2 amide bonds. The molecular weight excluding hydrogens is 449 g/mol. The van der Waals surface area contributed by atoms with E-state index in [1.54, 1.807) is 39.8 Å². The first-order valence-electron chi connectivity index (χ1n) is 12.7. The molecule has 6 rings (SSSR count). The fourth-order valence-electron chi connectivity index (χ4n) is 6.16. The van der Waals surface area contributed by atoms with Crippen molar-refractivity contribution in [2.24, 2.45) is 17.8 Å². The predicted octanol–water partition coefficient (Wildman–Crippen LogP) is 2.61. The molecule has 2 N–H and O–H groups in total. The highest BCUT2D eigenvalue weighted by molar-refractivity contribution is 5.85. The summed E-state index contributed by atoms with van der Waals surface area (Å²) in [5.41, 5.74) is 0.722. The zero-order valence-electron chi connectivity index (χ0n) is 19.5. The van der Waals surface area contributed by atoms with E-state index in [4.69, 9.17) is 0 Å². The van der Waals surface area contributed by atoms with Crippen LogP contribution in [0.15, 0.2) is 41.2 Å². The van der Waals surface area contributed by atoms with E-state index in [0.717, 1.165) is 32.1 Å². The van der Waals surface area contributed by atoms with Crippen LogP contribution in [0.4, 0.5) is 4.39 Å². The summed E-state index contributed by atoms with van der Waals surface area (Å²) in [6.45, 7) is -0.0676. The molecule has 0 radical (unpaired) electrons. The number of halogens is 1. The molecule has 0 unspecified atom stereocenters. The van der Waals surface area contributed by atoms with Crippen molar-refractivity contribution in [1.29, 1.82) is 0 Å². The van der Waals surface area contributed by atoms with E-state index in [-0.39, 0.29) is 47.7 Å². The summed E-state index contributed by atoms with van der Waals surface area (Å²) >= 11 is 0. The summed E-state index contributed by atoms with van der Waals surface area (Å²) in [7, 11) is 0. The van der Waals surface area contributed by atoms with Gasteiger partial charge in [0.15, 0.2) is 0 Å². The maximum atomic E-state index is 14.5. The van der Waals surface area contributed by atoms with Gasteiger partial charge in [-0.25, -0.2) is 4.39 Å². The van der Waals surface area contributed by atoms with Gasteiger partial charge in [0, 0.05) is 42.8 Å². The molecule has 2 aromatic rings. The second-order valence-corrected chi connectivity index (χ2v) is 10.5. The minimum atomic E-state index is -0.638. The number of pyridine rings is 1. The molecule has 184 valence electrons. The van der Waals surface area contributed by atoms with Gasteiger partial charge < -0.3 is 19.9 Å². The van der Waals surface area contributed by atoms with E-state index in [0.29, 0.717) is 18.0 Å². The molecule has 2 aliphatic heterocycles. The first-order valence-corrected chi connectivity index (χ1v) is 12.7. The van der Waals surface area contributed by atoms with Gasteiger partial charge in [-0.05, 0) is 56.2 Å². The Labute approximate surface area is 202 Å². The van der Waals surface area contributed by atoms with Gasteiger partial charge in [-0.1, -0.05) is 18.2 Å². The average molecular weight is 480 g/mol. The Balaban J connectivity index is 1.44. The number of carbonyl (C=O) groups excluding carboxylic acids is 2. The van der Waals surface area contributed by atoms with Crippen LogP contribution in [0.1, 0.15) is 50.3 Å². The van der Waals surface area contributed by atoms with Crippen LogP contribution >= 0.6 is 0 Å². The minimum absolute atomic E-state index is 0.0169. The lowest BCUT2D eigenvalue weighted by atomic mass is 9.85. The van der Waals surface area contributed by atoms with Crippen molar-refractivity contribution in [2.45, 2.75) is 63.2 Å². The van der Waals surface area contributed by atoms with Crippen molar-refractivity contribution in [2.75, 3.05) is 6.61 Å². The number of carbonyl (C=O) groups is 2. The summed E-state index contributed by atoms with van der Waals surface area (Å²) in [5.74, 6) is -1.39. The smallest absolute Gasteiger partial charge is 0.258 e. The third-order valence-corrected chi connectivity index (χ3v) is 8.41. The van der Waals surface area contributed by atoms with Crippen molar-refractivity contribution in [1.82, 2.24) is 14.8 Å². The molecule has 2 aliphatic carbocycles. The maximum Gasteiger partial charge on any atom is 0.258 e. The molecule has 35 heavy (non-hydrogen) atoms. The summed E-state index contributed by atoms with van der Waals surface area (Å²) in [6.07, 6.45) is 5.44. The van der Waals surface area contributed by atoms with E-state index < -0.39 is 29.7 Å². The molecule has 2 saturated carbocycles. The molecule has 1 aromatic heterocycles. The lowest BCUT2D eigenvalue weighted by molar-refractivity contribution is -0.137. The van der Waals surface area contributed by atoms with E-state index in [2.05, 4.69) is 5.32 Å². The van der Waals surface area contributed by atoms with Crippen LogP contribution in [0.5, 0.6) is 0 Å². The Morgan fingerprint density at radius 2 is 1.83 bits per heavy atom. The van der Waals surface area contributed by atoms with Gasteiger partial charge in [-0.15, -0.1) is 0 Å². The van der Waals surface area contributed by atoms with E-state index in [1.807, 2.05) is 0 Å². The van der Waals surface area contributed by atoms with Crippen molar-refractivity contribution in [3.8, 4) is 11.1 Å². The summed E-state index contributed by atoms with van der Waals surface area (Å²) < 4.78 is 16.1. The molecule has 3 heterocycles. The number of nitrogens with one attached hydrogen (secondary N) is 1. The number of rotatable bonds is 6. The number of aliphatic hydroxyl groups excluding tert-OH is 1. The molecule has 7 nitrogen and oxygen atoms in total. The molecule has 8 heteroatoms. The topological polar surface area (TPSA) is 91.6 Å². The number of amides is 2. The number of fused-ring (bicyclic) bond motifs is 4. The monoisotopic (exact) mass is 479 g/mol. The van der Waals surface area contributed by atoms with Gasteiger partial charge in [0.2, 0.25) is 11.8 Å². The van der Waals surface area contributed by atoms with E-state index in [1.165, 1.54) is 6.07 Å². The Kier molecular flexibility index (Phi) is 5.51. The van der Waals surface area contributed by atoms with Crippen molar-refractivity contribution in [3.63, 3.8) is 0 Å². The fourth-order valence-corrected chi connectivity index (χ4v) is 6.16. The second kappa shape index (κ2) is 8.59. The molecule has 3 fully saturated rings. The molecule has 0 spiro atoms. The van der Waals surface area contributed by atoms with Crippen molar-refractivity contribution >= 4 is 11.8 Å². The number of aliphatic hydroxyl groups is 1. The Bertz CT molecular complexity index is 1240. The van der Waals surface area contributed by atoms with E-state index in [9.17, 15) is 23.9 Å². The van der Waals surface area contributed by atoms with Gasteiger partial charge in [-0.3, -0.25) is 14.4 Å². The zero-order chi connectivity index (χ0) is 24.3. The SMILES string of the molecule is O=C(NC1CCC1)[C@H]1[C@H](CO)[C@H]2Cn3c(ccc(-c4ccccc4F)c3=O)[C@@H]1N2C(=O)CC1CC1.